The zero-order chi connectivity index (χ0) is 19.8. The molecule has 28 heavy (non-hydrogen) atoms. The predicted molar refractivity (Wildman–Crippen MR) is 109 cm³/mol. The number of hydrogen-bond donors (Lipinski definition) is 2. The largest absolute Gasteiger partial charge is 0.349 e. The molecule has 0 saturated carbocycles. The number of aryl methyl sites for hydroxylation is 2. The van der Waals surface area contributed by atoms with Crippen LogP contribution in [0.2, 0.25) is 0 Å². The zero-order valence-electron chi connectivity index (χ0n) is 16.0. The van der Waals surface area contributed by atoms with Crippen LogP contribution in [-0.2, 0) is 6.54 Å². The maximum absolute atomic E-state index is 12.3. The molecule has 2 unspecified atom stereocenters. The van der Waals surface area contributed by atoms with E-state index in [-0.39, 0.29) is 17.6 Å². The fourth-order valence-electron chi connectivity index (χ4n) is 3.74. The first-order valence-electron chi connectivity index (χ1n) is 9.43. The summed E-state index contributed by atoms with van der Waals surface area (Å²) in [6.45, 7) is 4.47. The first-order chi connectivity index (χ1) is 13.4. The van der Waals surface area contributed by atoms with Crippen LogP contribution in [0.4, 0.5) is 0 Å². The van der Waals surface area contributed by atoms with Gasteiger partial charge >= 0.3 is 5.69 Å². The van der Waals surface area contributed by atoms with E-state index in [1.165, 1.54) is 0 Å². The number of allylic oxidation sites excluding steroid dienone is 4. The smallest absolute Gasteiger partial charge is 0.326 e. The number of H-pyrrole nitrogens is 1. The molecule has 2 heterocycles. The average Bonchev–Trinajstić information content (AvgIpc) is 2.65. The van der Waals surface area contributed by atoms with Gasteiger partial charge in [0.1, 0.15) is 0 Å². The van der Waals surface area contributed by atoms with E-state index in [1.807, 2.05) is 42.7 Å². The molecule has 1 aromatic carbocycles. The van der Waals surface area contributed by atoms with E-state index in [9.17, 15) is 9.59 Å². The van der Waals surface area contributed by atoms with Crippen molar-refractivity contribution < 1.29 is 0 Å². The first-order valence-corrected chi connectivity index (χ1v) is 9.43. The Balaban J connectivity index is 1.84. The van der Waals surface area contributed by atoms with Gasteiger partial charge in [0.15, 0.2) is 11.5 Å². The Morgan fingerprint density at radius 1 is 1.21 bits per heavy atom. The molecule has 3 N–H and O–H groups in total. The molecule has 0 saturated heterocycles. The van der Waals surface area contributed by atoms with Crippen molar-refractivity contribution in [3.63, 3.8) is 0 Å². The number of nitrogens with two attached hydrogens (primary N) is 1. The molecule has 4 rings (SSSR count). The fourth-order valence-corrected chi connectivity index (χ4v) is 3.74. The van der Waals surface area contributed by atoms with Crippen molar-refractivity contribution in [1.82, 2.24) is 19.5 Å². The third kappa shape index (κ3) is 3.41. The molecule has 0 radical (unpaired) electrons. The van der Waals surface area contributed by atoms with E-state index < -0.39 is 11.2 Å². The number of rotatable bonds is 4. The molecule has 1 aliphatic carbocycles. The first kappa shape index (κ1) is 18.3. The lowest BCUT2D eigenvalue weighted by Gasteiger charge is -2.23. The van der Waals surface area contributed by atoms with Crippen molar-refractivity contribution in [3.8, 4) is 11.5 Å². The van der Waals surface area contributed by atoms with Crippen molar-refractivity contribution in [1.29, 1.82) is 0 Å². The van der Waals surface area contributed by atoms with Crippen molar-refractivity contribution in [2.75, 3.05) is 0 Å². The van der Waals surface area contributed by atoms with Gasteiger partial charge in [0.05, 0.1) is 11.0 Å². The standard InChI is InChI=1S/C21H23N5O2/c1-12-8-16-17(9-13(12)2)26(11-15(22)10-14-6-4-3-5-7-14)19-18(23-16)20(27)25-21(28)24-19/h3-6,8-9,14-15H,7,10-11,22H2,1-2H3,(H,25,27,28). The van der Waals surface area contributed by atoms with Crippen LogP contribution in [0, 0.1) is 19.8 Å². The highest BCUT2D eigenvalue weighted by Crippen LogP contribution is 2.25. The minimum absolute atomic E-state index is 0.155. The number of aromatic amines is 1. The summed E-state index contributed by atoms with van der Waals surface area (Å²) in [5.41, 5.74) is 9.12. The monoisotopic (exact) mass is 377 g/mol. The molecule has 144 valence electrons. The molecule has 0 aromatic heterocycles. The van der Waals surface area contributed by atoms with Crippen LogP contribution in [0.3, 0.4) is 0 Å². The van der Waals surface area contributed by atoms with Crippen LogP contribution >= 0.6 is 0 Å². The highest BCUT2D eigenvalue weighted by molar-refractivity contribution is 5.81. The van der Waals surface area contributed by atoms with Crippen molar-refractivity contribution in [2.24, 2.45) is 11.7 Å². The zero-order valence-corrected chi connectivity index (χ0v) is 16.0. The Bertz CT molecular complexity index is 1190. The van der Waals surface area contributed by atoms with Gasteiger partial charge in [0.25, 0.3) is 5.56 Å². The Morgan fingerprint density at radius 3 is 2.75 bits per heavy atom. The minimum Gasteiger partial charge on any atom is -0.326 e. The van der Waals surface area contributed by atoms with Gasteiger partial charge in [0, 0.05) is 12.6 Å². The summed E-state index contributed by atoms with van der Waals surface area (Å²) in [6.07, 6.45) is 10.2. The van der Waals surface area contributed by atoms with Gasteiger partial charge < -0.3 is 10.3 Å². The SMILES string of the molecule is Cc1cc2nc3c(=O)[nH]c(=O)nc-3n(CC(N)CC3C=CC=CC3)c2cc1C. The van der Waals surface area contributed by atoms with Crippen LogP contribution in [-0.4, -0.2) is 25.6 Å². The van der Waals surface area contributed by atoms with E-state index in [0.29, 0.717) is 18.0 Å². The average molecular weight is 377 g/mol. The van der Waals surface area contributed by atoms with Crippen LogP contribution in [0.15, 0.2) is 46.0 Å². The number of nitrogens with one attached hydrogen (secondary N) is 1. The molecule has 0 fully saturated rings. The molecular formula is C21H23N5O2. The van der Waals surface area contributed by atoms with Crippen LogP contribution in [0.5, 0.6) is 0 Å². The second-order valence-corrected chi connectivity index (χ2v) is 7.50. The second kappa shape index (κ2) is 7.16. The third-order valence-electron chi connectivity index (χ3n) is 5.32. The van der Waals surface area contributed by atoms with Gasteiger partial charge in [-0.3, -0.25) is 9.78 Å². The van der Waals surface area contributed by atoms with Gasteiger partial charge in [-0.2, -0.15) is 4.98 Å². The van der Waals surface area contributed by atoms with Gasteiger partial charge in [-0.05, 0) is 55.9 Å². The van der Waals surface area contributed by atoms with E-state index in [1.54, 1.807) is 0 Å². The molecule has 0 bridgehead atoms. The summed E-state index contributed by atoms with van der Waals surface area (Å²) < 4.78 is 1.87. The number of aromatic nitrogens is 4. The molecule has 0 amide bonds. The normalized spacial score (nSPS) is 17.5. The minimum atomic E-state index is -0.676. The number of hydrogen-bond acceptors (Lipinski definition) is 5. The Labute approximate surface area is 162 Å². The van der Waals surface area contributed by atoms with Gasteiger partial charge in [-0.25, -0.2) is 9.78 Å². The molecule has 7 nitrogen and oxygen atoms in total. The number of benzene rings is 1. The summed E-state index contributed by atoms with van der Waals surface area (Å²) in [5.74, 6) is 0.661. The molecule has 3 aliphatic rings. The maximum Gasteiger partial charge on any atom is 0.349 e. The quantitative estimate of drug-likeness (QED) is 0.677. The van der Waals surface area contributed by atoms with Gasteiger partial charge in [-0.1, -0.05) is 24.3 Å². The van der Waals surface area contributed by atoms with Crippen LogP contribution < -0.4 is 17.0 Å². The van der Waals surface area contributed by atoms with Gasteiger partial charge in [0.2, 0.25) is 0 Å². The molecular weight excluding hydrogens is 354 g/mol. The Kier molecular flexibility index (Phi) is 4.68. The lowest BCUT2D eigenvalue weighted by Crippen LogP contribution is -2.33. The fraction of sp³-hybridized carbons (Fsp3) is 0.333. The predicted octanol–water partition coefficient (Wildman–Crippen LogP) is 2.05. The lowest BCUT2D eigenvalue weighted by atomic mass is 9.93. The van der Waals surface area contributed by atoms with E-state index in [4.69, 9.17) is 5.73 Å². The highest BCUT2D eigenvalue weighted by Gasteiger charge is 2.21. The van der Waals surface area contributed by atoms with E-state index in [2.05, 4.69) is 27.1 Å². The summed E-state index contributed by atoms with van der Waals surface area (Å²) >= 11 is 0. The van der Waals surface area contributed by atoms with Gasteiger partial charge in [-0.15, -0.1) is 0 Å². The molecule has 1 aromatic rings. The summed E-state index contributed by atoms with van der Waals surface area (Å²) in [6, 6.07) is 3.81. The Hall–Kier alpha value is -3.06. The molecule has 2 atom stereocenters. The van der Waals surface area contributed by atoms with Crippen LogP contribution in [0.1, 0.15) is 24.0 Å². The van der Waals surface area contributed by atoms with Crippen molar-refractivity contribution >= 4 is 11.0 Å². The summed E-state index contributed by atoms with van der Waals surface area (Å²) in [7, 11) is 0. The number of nitrogens with zero attached hydrogens (tertiary/aromatic N) is 3. The van der Waals surface area contributed by atoms with Crippen LogP contribution in [0.25, 0.3) is 22.6 Å². The Morgan fingerprint density at radius 2 is 2.00 bits per heavy atom. The maximum atomic E-state index is 12.3. The molecule has 7 heteroatoms. The second-order valence-electron chi connectivity index (χ2n) is 7.50. The topological polar surface area (TPSA) is 107 Å². The van der Waals surface area contributed by atoms with Crippen molar-refractivity contribution in [3.05, 3.63) is 68.4 Å². The van der Waals surface area contributed by atoms with Crippen molar-refractivity contribution in [2.45, 2.75) is 39.3 Å². The molecule has 2 aliphatic heterocycles. The summed E-state index contributed by atoms with van der Waals surface area (Å²) in [5, 5.41) is 0. The van der Waals surface area contributed by atoms with E-state index in [0.717, 1.165) is 29.5 Å². The molecule has 0 spiro atoms. The lowest BCUT2D eigenvalue weighted by molar-refractivity contribution is 0.456. The number of fused-ring (bicyclic) bond motifs is 2. The van der Waals surface area contributed by atoms with E-state index >= 15 is 0 Å². The third-order valence-corrected chi connectivity index (χ3v) is 5.32. The summed E-state index contributed by atoms with van der Waals surface area (Å²) in [4.78, 5) is 34.9. The highest BCUT2D eigenvalue weighted by atomic mass is 16.2.